The normalized spacial score (nSPS) is 12.5. The van der Waals surface area contributed by atoms with Crippen LogP contribution >= 0.6 is 0 Å². The number of halogens is 1. The molecule has 0 fully saturated rings. The van der Waals surface area contributed by atoms with Gasteiger partial charge in [-0.25, -0.2) is 0 Å². The van der Waals surface area contributed by atoms with Crippen LogP contribution in [-0.2, 0) is 0 Å². The largest absolute Gasteiger partial charge is 0.494 e. The van der Waals surface area contributed by atoms with Crippen LogP contribution in [0.3, 0.4) is 0 Å². The zero-order chi connectivity index (χ0) is 11.1. The zero-order valence-corrected chi connectivity index (χ0v) is 8.66. The first kappa shape index (κ1) is 11.9. The molecule has 0 heterocycles. The van der Waals surface area contributed by atoms with Gasteiger partial charge in [-0.1, -0.05) is 12.1 Å². The van der Waals surface area contributed by atoms with E-state index in [4.69, 9.17) is 16.2 Å². The van der Waals surface area contributed by atoms with Gasteiger partial charge in [-0.2, -0.15) is 0 Å². The third kappa shape index (κ3) is 3.85. The quantitative estimate of drug-likeness (QED) is 0.700. The van der Waals surface area contributed by atoms with E-state index in [2.05, 4.69) is 0 Å². The molecule has 4 heteroatoms. The summed E-state index contributed by atoms with van der Waals surface area (Å²) in [4.78, 5) is 0. The first-order chi connectivity index (χ1) is 7.27. The fraction of sp³-hybridized carbons (Fsp3) is 0.455. The molecular weight excluding hydrogens is 195 g/mol. The van der Waals surface area contributed by atoms with Gasteiger partial charge in [0.05, 0.1) is 13.3 Å². The summed E-state index contributed by atoms with van der Waals surface area (Å²) in [6, 6.07) is 7.27. The minimum atomic E-state index is -0.351. The van der Waals surface area contributed by atoms with E-state index in [0.717, 1.165) is 11.3 Å². The van der Waals surface area contributed by atoms with Gasteiger partial charge in [0.1, 0.15) is 5.75 Å². The van der Waals surface area contributed by atoms with Crippen molar-refractivity contribution in [3.05, 3.63) is 29.8 Å². The van der Waals surface area contributed by atoms with E-state index in [0.29, 0.717) is 19.6 Å². The number of ether oxygens (including phenoxy) is 1. The molecular formula is C11H17FN2O. The van der Waals surface area contributed by atoms with Crippen LogP contribution in [0, 0.1) is 0 Å². The van der Waals surface area contributed by atoms with E-state index in [1.165, 1.54) is 0 Å². The maximum atomic E-state index is 11.8. The van der Waals surface area contributed by atoms with Crippen LogP contribution in [0.25, 0.3) is 0 Å². The summed E-state index contributed by atoms with van der Waals surface area (Å²) in [5, 5.41) is 0. The molecule has 0 aliphatic rings. The Labute approximate surface area is 89.2 Å². The van der Waals surface area contributed by atoms with E-state index in [9.17, 15) is 4.39 Å². The fourth-order valence-electron chi connectivity index (χ4n) is 1.19. The van der Waals surface area contributed by atoms with Crippen LogP contribution in [-0.4, -0.2) is 19.8 Å². The number of hydrogen-bond acceptors (Lipinski definition) is 3. The highest BCUT2D eigenvalue weighted by molar-refractivity contribution is 5.29. The summed E-state index contributed by atoms with van der Waals surface area (Å²) < 4.78 is 17.1. The number of nitrogens with two attached hydrogens (primary N) is 2. The molecule has 0 aromatic heterocycles. The maximum Gasteiger partial charge on any atom is 0.119 e. The highest BCUT2D eigenvalue weighted by Gasteiger charge is 2.02. The van der Waals surface area contributed by atoms with Crippen molar-refractivity contribution in [1.29, 1.82) is 0 Å². The Morgan fingerprint density at radius 1 is 1.27 bits per heavy atom. The van der Waals surface area contributed by atoms with Crippen molar-refractivity contribution in [3.8, 4) is 5.75 Å². The van der Waals surface area contributed by atoms with Gasteiger partial charge in [0.15, 0.2) is 0 Å². The van der Waals surface area contributed by atoms with Crippen LogP contribution in [0.1, 0.15) is 18.0 Å². The minimum Gasteiger partial charge on any atom is -0.494 e. The van der Waals surface area contributed by atoms with E-state index in [1.807, 2.05) is 24.3 Å². The Balaban J connectivity index is 2.49. The lowest BCUT2D eigenvalue weighted by molar-refractivity contribution is 0.289. The van der Waals surface area contributed by atoms with Crippen LogP contribution in [0.5, 0.6) is 5.75 Å². The molecule has 15 heavy (non-hydrogen) atoms. The van der Waals surface area contributed by atoms with E-state index in [1.54, 1.807) is 0 Å². The van der Waals surface area contributed by atoms with Gasteiger partial charge >= 0.3 is 0 Å². The fourth-order valence-corrected chi connectivity index (χ4v) is 1.19. The highest BCUT2D eigenvalue weighted by Crippen LogP contribution is 2.15. The Morgan fingerprint density at radius 3 is 2.47 bits per heavy atom. The second-order valence-electron chi connectivity index (χ2n) is 3.30. The molecule has 0 radical (unpaired) electrons. The van der Waals surface area contributed by atoms with Crippen molar-refractivity contribution in [2.75, 3.05) is 19.8 Å². The predicted molar refractivity (Wildman–Crippen MR) is 58.5 cm³/mol. The number of rotatable bonds is 6. The number of hydrogen-bond donors (Lipinski definition) is 2. The standard InChI is InChI=1S/C11H17FN2O/c12-6-1-7-15-10-4-2-9(3-5-10)11(14)8-13/h2-5,11H,1,6-8,13-14H2/t11-/m1/s1. The summed E-state index contributed by atoms with van der Waals surface area (Å²) in [6.45, 7) is 0.469. The second kappa shape index (κ2) is 6.37. The molecule has 0 bridgehead atoms. The Hall–Kier alpha value is -1.13. The Bertz CT molecular complexity index is 276. The summed E-state index contributed by atoms with van der Waals surface area (Å²) >= 11 is 0. The molecule has 1 atom stereocenters. The van der Waals surface area contributed by atoms with E-state index >= 15 is 0 Å². The van der Waals surface area contributed by atoms with Gasteiger partial charge in [0.25, 0.3) is 0 Å². The summed E-state index contributed by atoms with van der Waals surface area (Å²) in [7, 11) is 0. The van der Waals surface area contributed by atoms with Crippen molar-refractivity contribution in [1.82, 2.24) is 0 Å². The predicted octanol–water partition coefficient (Wildman–Crippen LogP) is 1.38. The third-order valence-electron chi connectivity index (χ3n) is 2.11. The van der Waals surface area contributed by atoms with Crippen molar-refractivity contribution >= 4 is 0 Å². The van der Waals surface area contributed by atoms with Crippen LogP contribution < -0.4 is 16.2 Å². The molecule has 0 amide bonds. The lowest BCUT2D eigenvalue weighted by atomic mass is 10.1. The van der Waals surface area contributed by atoms with Crippen molar-refractivity contribution < 1.29 is 9.13 Å². The average molecular weight is 212 g/mol. The average Bonchev–Trinajstić information content (AvgIpc) is 2.29. The molecule has 1 rings (SSSR count). The molecule has 0 aliphatic heterocycles. The van der Waals surface area contributed by atoms with E-state index in [-0.39, 0.29) is 12.7 Å². The molecule has 0 saturated carbocycles. The molecule has 1 aromatic rings. The van der Waals surface area contributed by atoms with Gasteiger partial charge in [-0.05, 0) is 17.7 Å². The monoisotopic (exact) mass is 212 g/mol. The maximum absolute atomic E-state index is 11.8. The Kier molecular flexibility index (Phi) is 5.07. The second-order valence-corrected chi connectivity index (χ2v) is 3.30. The van der Waals surface area contributed by atoms with Gasteiger partial charge in [0, 0.05) is 19.0 Å². The van der Waals surface area contributed by atoms with Crippen molar-refractivity contribution in [3.63, 3.8) is 0 Å². The summed E-state index contributed by atoms with van der Waals surface area (Å²) in [5.41, 5.74) is 12.2. The minimum absolute atomic E-state index is 0.134. The smallest absolute Gasteiger partial charge is 0.119 e. The summed E-state index contributed by atoms with van der Waals surface area (Å²) in [5.74, 6) is 0.733. The molecule has 1 aromatic carbocycles. The molecule has 0 saturated heterocycles. The number of benzene rings is 1. The molecule has 0 unspecified atom stereocenters. The van der Waals surface area contributed by atoms with Crippen LogP contribution in [0.4, 0.5) is 4.39 Å². The third-order valence-corrected chi connectivity index (χ3v) is 2.11. The van der Waals surface area contributed by atoms with Gasteiger partial charge in [-0.15, -0.1) is 0 Å². The molecule has 3 nitrogen and oxygen atoms in total. The lowest BCUT2D eigenvalue weighted by Gasteiger charge is -2.10. The zero-order valence-electron chi connectivity index (χ0n) is 8.66. The summed E-state index contributed by atoms with van der Waals surface area (Å²) in [6.07, 6.45) is 0.421. The van der Waals surface area contributed by atoms with Crippen LogP contribution in [0.2, 0.25) is 0 Å². The van der Waals surface area contributed by atoms with Crippen LogP contribution in [0.15, 0.2) is 24.3 Å². The topological polar surface area (TPSA) is 61.3 Å². The van der Waals surface area contributed by atoms with Gasteiger partial charge in [0.2, 0.25) is 0 Å². The highest BCUT2D eigenvalue weighted by atomic mass is 19.1. The van der Waals surface area contributed by atoms with Crippen molar-refractivity contribution in [2.45, 2.75) is 12.5 Å². The number of alkyl halides is 1. The van der Waals surface area contributed by atoms with Gasteiger partial charge in [-0.3, -0.25) is 4.39 Å². The Morgan fingerprint density at radius 2 is 1.93 bits per heavy atom. The molecule has 0 spiro atoms. The SMILES string of the molecule is NC[C@@H](N)c1ccc(OCCCF)cc1. The lowest BCUT2D eigenvalue weighted by Crippen LogP contribution is -2.20. The molecule has 84 valence electrons. The van der Waals surface area contributed by atoms with E-state index < -0.39 is 0 Å². The molecule has 4 N–H and O–H groups in total. The first-order valence-corrected chi connectivity index (χ1v) is 5.02. The van der Waals surface area contributed by atoms with Crippen molar-refractivity contribution in [2.24, 2.45) is 11.5 Å². The first-order valence-electron chi connectivity index (χ1n) is 5.02. The van der Waals surface area contributed by atoms with Gasteiger partial charge < -0.3 is 16.2 Å². The molecule has 0 aliphatic carbocycles.